The Kier molecular flexibility index (Phi) is 7.15. The zero-order chi connectivity index (χ0) is 24.2. The van der Waals surface area contributed by atoms with Crippen LogP contribution in [0.4, 0.5) is 0 Å². The van der Waals surface area contributed by atoms with Crippen LogP contribution in [-0.2, 0) is 14.3 Å². The van der Waals surface area contributed by atoms with Gasteiger partial charge in [-0.05, 0) is 81.0 Å². The monoisotopic (exact) mass is 460 g/mol. The van der Waals surface area contributed by atoms with Gasteiger partial charge in [-0.3, -0.25) is 14.6 Å². The van der Waals surface area contributed by atoms with E-state index in [0.29, 0.717) is 25.4 Å². The summed E-state index contributed by atoms with van der Waals surface area (Å²) < 4.78 is 11.2. The molecule has 1 amide bonds. The lowest BCUT2D eigenvalue weighted by Crippen LogP contribution is -2.47. The van der Waals surface area contributed by atoms with Crippen molar-refractivity contribution in [2.45, 2.75) is 46.6 Å². The van der Waals surface area contributed by atoms with Gasteiger partial charge < -0.3 is 14.4 Å². The first-order valence-corrected chi connectivity index (χ1v) is 12.0. The summed E-state index contributed by atoms with van der Waals surface area (Å²) in [7, 11) is 0. The summed E-state index contributed by atoms with van der Waals surface area (Å²) in [6.45, 7) is 9.14. The quantitative estimate of drug-likeness (QED) is 0.480. The van der Waals surface area contributed by atoms with E-state index < -0.39 is 6.10 Å². The predicted molar refractivity (Wildman–Crippen MR) is 133 cm³/mol. The number of nitrogens with zero attached hydrogens (tertiary/aromatic N) is 2. The van der Waals surface area contributed by atoms with Crippen LogP contribution in [0.25, 0.3) is 22.0 Å². The summed E-state index contributed by atoms with van der Waals surface area (Å²) in [6, 6.07) is 14.1. The summed E-state index contributed by atoms with van der Waals surface area (Å²) in [6.07, 6.45) is 2.67. The maximum atomic E-state index is 13.0. The first kappa shape index (κ1) is 23.7. The Hall–Kier alpha value is -3.41. The molecule has 0 saturated carbocycles. The molecule has 1 saturated heterocycles. The highest BCUT2D eigenvalue weighted by Crippen LogP contribution is 2.34. The predicted octanol–water partition coefficient (Wildman–Crippen LogP) is 5.09. The van der Waals surface area contributed by atoms with Crippen LogP contribution in [0.15, 0.2) is 48.7 Å². The number of amides is 1. The number of aryl methyl sites for hydroxylation is 2. The van der Waals surface area contributed by atoms with E-state index >= 15 is 0 Å². The molecule has 6 heteroatoms. The van der Waals surface area contributed by atoms with Gasteiger partial charge in [0.2, 0.25) is 0 Å². The number of pyridine rings is 1. The summed E-state index contributed by atoms with van der Waals surface area (Å²) in [5.74, 6) is -0.0169. The normalized spacial score (nSPS) is 16.8. The minimum Gasteiger partial charge on any atom is -0.481 e. The lowest BCUT2D eigenvalue weighted by molar-refractivity contribution is -0.152. The van der Waals surface area contributed by atoms with Crippen molar-refractivity contribution in [3.8, 4) is 16.9 Å². The van der Waals surface area contributed by atoms with Crippen molar-refractivity contribution in [1.82, 2.24) is 9.88 Å². The van der Waals surface area contributed by atoms with Crippen LogP contribution < -0.4 is 4.74 Å². The van der Waals surface area contributed by atoms with Gasteiger partial charge in [0.25, 0.3) is 5.91 Å². The van der Waals surface area contributed by atoms with E-state index in [1.54, 1.807) is 18.7 Å². The van der Waals surface area contributed by atoms with Gasteiger partial charge in [0, 0.05) is 30.7 Å². The van der Waals surface area contributed by atoms with Crippen molar-refractivity contribution in [2.75, 3.05) is 19.7 Å². The van der Waals surface area contributed by atoms with Gasteiger partial charge in [0.05, 0.1) is 18.0 Å². The zero-order valence-electron chi connectivity index (χ0n) is 20.3. The molecule has 1 fully saturated rings. The van der Waals surface area contributed by atoms with Gasteiger partial charge in [-0.15, -0.1) is 0 Å². The van der Waals surface area contributed by atoms with Gasteiger partial charge in [0.1, 0.15) is 5.75 Å². The minimum absolute atomic E-state index is 0.119. The molecule has 4 rings (SSSR count). The van der Waals surface area contributed by atoms with E-state index in [-0.39, 0.29) is 17.8 Å². The van der Waals surface area contributed by atoms with Crippen LogP contribution in [0.5, 0.6) is 5.75 Å². The third kappa shape index (κ3) is 4.91. The number of rotatable bonds is 6. The lowest BCUT2D eigenvalue weighted by Gasteiger charge is -2.33. The molecule has 1 aliphatic rings. The van der Waals surface area contributed by atoms with Crippen molar-refractivity contribution in [1.29, 1.82) is 0 Å². The summed E-state index contributed by atoms with van der Waals surface area (Å²) in [5.41, 5.74) is 5.60. The SMILES string of the molecule is CCOC(=O)[C@H]1CCCN(C(=O)[C@@H](C)Oc2ccc3c(-c4c(C)cccc4C)ccnc3c2)C1. The first-order valence-electron chi connectivity index (χ1n) is 12.0. The number of fused-ring (bicyclic) bond motifs is 1. The summed E-state index contributed by atoms with van der Waals surface area (Å²) >= 11 is 0. The molecule has 0 radical (unpaired) electrons. The van der Waals surface area contributed by atoms with E-state index in [4.69, 9.17) is 9.47 Å². The average Bonchev–Trinajstić information content (AvgIpc) is 2.83. The second-order valence-corrected chi connectivity index (χ2v) is 8.94. The Morgan fingerprint density at radius 3 is 2.65 bits per heavy atom. The molecule has 2 atom stereocenters. The molecule has 1 aromatic heterocycles. The standard InChI is InChI=1S/C28H32N2O4/c1-5-33-28(32)21-10-7-15-30(17-21)27(31)20(4)34-22-11-12-23-24(13-14-29-25(23)16-22)26-18(2)8-6-9-19(26)3/h6,8-9,11-14,16,20-21H,5,7,10,15,17H2,1-4H3/t20-,21+/m1/s1. The number of hydrogen-bond donors (Lipinski definition) is 0. The van der Waals surface area contributed by atoms with Crippen molar-refractivity contribution in [2.24, 2.45) is 5.92 Å². The number of benzene rings is 2. The van der Waals surface area contributed by atoms with E-state index in [1.807, 2.05) is 30.5 Å². The fraction of sp³-hybridized carbons (Fsp3) is 0.393. The van der Waals surface area contributed by atoms with Crippen LogP contribution in [-0.4, -0.2) is 47.6 Å². The Bertz CT molecular complexity index is 1190. The number of hydrogen-bond acceptors (Lipinski definition) is 5. The third-order valence-electron chi connectivity index (χ3n) is 6.48. The second kappa shape index (κ2) is 10.2. The summed E-state index contributed by atoms with van der Waals surface area (Å²) in [5, 5.41) is 1.04. The number of ether oxygens (including phenoxy) is 2. The smallest absolute Gasteiger partial charge is 0.310 e. The van der Waals surface area contributed by atoms with Gasteiger partial charge >= 0.3 is 5.97 Å². The van der Waals surface area contributed by atoms with Crippen molar-refractivity contribution >= 4 is 22.8 Å². The van der Waals surface area contributed by atoms with Crippen LogP contribution in [0.2, 0.25) is 0 Å². The van der Waals surface area contributed by atoms with E-state index in [9.17, 15) is 9.59 Å². The maximum Gasteiger partial charge on any atom is 0.310 e. The van der Waals surface area contributed by atoms with Gasteiger partial charge in [0.15, 0.2) is 6.10 Å². The van der Waals surface area contributed by atoms with Crippen LogP contribution in [0, 0.1) is 19.8 Å². The zero-order valence-corrected chi connectivity index (χ0v) is 20.3. The molecule has 178 valence electrons. The molecular weight excluding hydrogens is 428 g/mol. The summed E-state index contributed by atoms with van der Waals surface area (Å²) in [4.78, 5) is 31.4. The van der Waals surface area contributed by atoms with Crippen molar-refractivity contribution in [3.05, 3.63) is 59.8 Å². The average molecular weight is 461 g/mol. The molecule has 0 bridgehead atoms. The van der Waals surface area contributed by atoms with E-state index in [0.717, 1.165) is 29.3 Å². The van der Waals surface area contributed by atoms with Gasteiger partial charge in [-0.25, -0.2) is 0 Å². The van der Waals surface area contributed by atoms with E-state index in [1.165, 1.54) is 16.7 Å². The molecule has 0 unspecified atom stereocenters. The first-order chi connectivity index (χ1) is 16.4. The molecule has 0 spiro atoms. The number of carbonyl (C=O) groups excluding carboxylic acids is 2. The van der Waals surface area contributed by atoms with Crippen LogP contribution in [0.1, 0.15) is 37.8 Å². The largest absolute Gasteiger partial charge is 0.481 e. The molecule has 0 N–H and O–H groups in total. The van der Waals surface area contributed by atoms with Crippen molar-refractivity contribution < 1.29 is 19.1 Å². The molecule has 0 aliphatic carbocycles. The topological polar surface area (TPSA) is 68.7 Å². The molecule has 6 nitrogen and oxygen atoms in total. The highest BCUT2D eigenvalue weighted by Gasteiger charge is 2.32. The number of piperidine rings is 1. The van der Waals surface area contributed by atoms with Gasteiger partial charge in [-0.1, -0.05) is 18.2 Å². The fourth-order valence-electron chi connectivity index (χ4n) is 4.80. The number of likely N-dealkylation sites (tertiary alicyclic amines) is 1. The molecule has 34 heavy (non-hydrogen) atoms. The number of aromatic nitrogens is 1. The second-order valence-electron chi connectivity index (χ2n) is 8.94. The Labute approximate surface area is 200 Å². The minimum atomic E-state index is -0.666. The molecule has 2 heterocycles. The lowest BCUT2D eigenvalue weighted by atomic mass is 9.93. The van der Waals surface area contributed by atoms with Gasteiger partial charge in [-0.2, -0.15) is 0 Å². The number of carbonyl (C=O) groups is 2. The fourth-order valence-corrected chi connectivity index (χ4v) is 4.80. The Morgan fingerprint density at radius 1 is 1.15 bits per heavy atom. The highest BCUT2D eigenvalue weighted by atomic mass is 16.5. The molecule has 1 aliphatic heterocycles. The van der Waals surface area contributed by atoms with E-state index in [2.05, 4.69) is 37.0 Å². The molecule has 3 aromatic rings. The highest BCUT2D eigenvalue weighted by molar-refractivity contribution is 5.96. The number of esters is 1. The maximum absolute atomic E-state index is 13.0. The third-order valence-corrected chi connectivity index (χ3v) is 6.48. The van der Waals surface area contributed by atoms with Crippen LogP contribution >= 0.6 is 0 Å². The van der Waals surface area contributed by atoms with Crippen LogP contribution in [0.3, 0.4) is 0 Å². The molecule has 2 aromatic carbocycles. The Balaban J connectivity index is 1.51. The Morgan fingerprint density at radius 2 is 1.91 bits per heavy atom. The molecular formula is C28H32N2O4. The van der Waals surface area contributed by atoms with Crippen molar-refractivity contribution in [3.63, 3.8) is 0 Å².